The van der Waals surface area contributed by atoms with E-state index in [2.05, 4.69) is 11.4 Å². The van der Waals surface area contributed by atoms with Gasteiger partial charge in [-0.25, -0.2) is 0 Å². The summed E-state index contributed by atoms with van der Waals surface area (Å²) in [6.07, 6.45) is 0.590. The standard InChI is InChI=1S/C13H18N2O2/c1-10-3-4-13(11(7-10)8-14)15-12(5-6-16)9-17-2/h3-4,7,12,15-16H,5-6,9H2,1-2H3. The van der Waals surface area contributed by atoms with Crippen LogP contribution in [0.3, 0.4) is 0 Å². The Hall–Kier alpha value is -1.57. The molecule has 0 aliphatic carbocycles. The normalized spacial score (nSPS) is 11.9. The van der Waals surface area contributed by atoms with Gasteiger partial charge < -0.3 is 15.2 Å². The number of nitrogens with one attached hydrogen (secondary N) is 1. The summed E-state index contributed by atoms with van der Waals surface area (Å²) in [6, 6.07) is 7.85. The van der Waals surface area contributed by atoms with Crippen LogP contribution in [-0.4, -0.2) is 31.5 Å². The Balaban J connectivity index is 2.81. The molecule has 1 unspecified atom stereocenters. The number of aliphatic hydroxyl groups excluding tert-OH is 1. The van der Waals surface area contributed by atoms with E-state index >= 15 is 0 Å². The third-order valence-electron chi connectivity index (χ3n) is 2.50. The lowest BCUT2D eigenvalue weighted by atomic mass is 10.1. The van der Waals surface area contributed by atoms with Crippen molar-refractivity contribution in [2.24, 2.45) is 0 Å². The molecule has 0 saturated carbocycles. The van der Waals surface area contributed by atoms with Crippen LogP contribution in [0.5, 0.6) is 0 Å². The molecule has 0 aliphatic heterocycles. The van der Waals surface area contributed by atoms with Gasteiger partial charge in [-0.2, -0.15) is 5.26 Å². The van der Waals surface area contributed by atoms with E-state index in [-0.39, 0.29) is 12.6 Å². The molecule has 0 bridgehead atoms. The van der Waals surface area contributed by atoms with Crippen molar-refractivity contribution >= 4 is 5.69 Å². The summed E-state index contributed by atoms with van der Waals surface area (Å²) < 4.78 is 5.07. The number of rotatable bonds is 6. The number of aliphatic hydroxyl groups is 1. The molecule has 0 radical (unpaired) electrons. The second kappa shape index (κ2) is 6.89. The first-order valence-electron chi connectivity index (χ1n) is 5.58. The molecule has 0 heterocycles. The lowest BCUT2D eigenvalue weighted by Crippen LogP contribution is -2.26. The molecule has 4 nitrogen and oxygen atoms in total. The van der Waals surface area contributed by atoms with Gasteiger partial charge in [-0.1, -0.05) is 6.07 Å². The number of nitrogens with zero attached hydrogens (tertiary/aromatic N) is 1. The quantitative estimate of drug-likeness (QED) is 0.786. The number of ether oxygens (including phenoxy) is 1. The molecule has 4 heteroatoms. The number of anilines is 1. The predicted molar refractivity (Wildman–Crippen MR) is 66.9 cm³/mol. The molecule has 0 aliphatic rings. The van der Waals surface area contributed by atoms with Gasteiger partial charge >= 0.3 is 0 Å². The lowest BCUT2D eigenvalue weighted by molar-refractivity contribution is 0.170. The minimum absolute atomic E-state index is 0.0137. The van der Waals surface area contributed by atoms with Gasteiger partial charge in [-0.05, 0) is 31.0 Å². The first-order valence-corrected chi connectivity index (χ1v) is 5.58. The van der Waals surface area contributed by atoms with E-state index in [0.29, 0.717) is 18.6 Å². The van der Waals surface area contributed by atoms with Crippen LogP contribution in [0.1, 0.15) is 17.5 Å². The summed E-state index contributed by atoms with van der Waals surface area (Å²) >= 11 is 0. The predicted octanol–water partition coefficient (Wildman–Crippen LogP) is 1.68. The largest absolute Gasteiger partial charge is 0.396 e. The highest BCUT2D eigenvalue weighted by molar-refractivity contribution is 5.59. The molecule has 1 aromatic carbocycles. The average molecular weight is 234 g/mol. The topological polar surface area (TPSA) is 65.3 Å². The minimum atomic E-state index is 0.0137. The summed E-state index contributed by atoms with van der Waals surface area (Å²) in [6.45, 7) is 2.54. The van der Waals surface area contributed by atoms with Crippen molar-refractivity contribution in [3.63, 3.8) is 0 Å². The molecule has 1 rings (SSSR count). The van der Waals surface area contributed by atoms with Crippen molar-refractivity contribution in [2.45, 2.75) is 19.4 Å². The maximum Gasteiger partial charge on any atom is 0.101 e. The summed E-state index contributed by atoms with van der Waals surface area (Å²) in [5.41, 5.74) is 2.45. The zero-order valence-electron chi connectivity index (χ0n) is 10.2. The van der Waals surface area contributed by atoms with Crippen LogP contribution in [0.4, 0.5) is 5.69 Å². The van der Waals surface area contributed by atoms with Gasteiger partial charge in [0.15, 0.2) is 0 Å². The number of nitriles is 1. The van der Waals surface area contributed by atoms with E-state index in [1.807, 2.05) is 25.1 Å². The summed E-state index contributed by atoms with van der Waals surface area (Å²) in [5, 5.41) is 21.2. The summed E-state index contributed by atoms with van der Waals surface area (Å²) in [4.78, 5) is 0. The summed E-state index contributed by atoms with van der Waals surface area (Å²) in [5.74, 6) is 0. The zero-order chi connectivity index (χ0) is 12.7. The van der Waals surface area contributed by atoms with Crippen LogP contribution in [0, 0.1) is 18.3 Å². The van der Waals surface area contributed by atoms with E-state index in [4.69, 9.17) is 15.1 Å². The SMILES string of the molecule is COCC(CCO)Nc1ccc(C)cc1C#N. The van der Waals surface area contributed by atoms with Gasteiger partial charge in [-0.15, -0.1) is 0 Å². The number of methoxy groups -OCH3 is 1. The number of aryl methyl sites for hydroxylation is 1. The maximum atomic E-state index is 9.04. The second-order valence-electron chi connectivity index (χ2n) is 3.97. The highest BCUT2D eigenvalue weighted by Crippen LogP contribution is 2.18. The van der Waals surface area contributed by atoms with Crippen molar-refractivity contribution in [3.8, 4) is 6.07 Å². The molecule has 0 saturated heterocycles. The maximum absolute atomic E-state index is 9.04. The fraction of sp³-hybridized carbons (Fsp3) is 0.462. The first-order chi connectivity index (χ1) is 8.21. The van der Waals surface area contributed by atoms with E-state index < -0.39 is 0 Å². The van der Waals surface area contributed by atoms with Crippen molar-refractivity contribution in [3.05, 3.63) is 29.3 Å². The Bertz CT molecular complexity index is 393. The van der Waals surface area contributed by atoms with Crippen LogP contribution >= 0.6 is 0 Å². The fourth-order valence-electron chi connectivity index (χ4n) is 1.65. The highest BCUT2D eigenvalue weighted by atomic mass is 16.5. The molecular formula is C13H18N2O2. The van der Waals surface area contributed by atoms with Crippen LogP contribution in [0.15, 0.2) is 18.2 Å². The molecule has 0 spiro atoms. The second-order valence-corrected chi connectivity index (χ2v) is 3.97. The van der Waals surface area contributed by atoms with Gasteiger partial charge in [-0.3, -0.25) is 0 Å². The Labute approximate surface area is 102 Å². The van der Waals surface area contributed by atoms with Gasteiger partial charge in [0, 0.05) is 13.7 Å². The first kappa shape index (κ1) is 13.5. The van der Waals surface area contributed by atoms with E-state index in [1.54, 1.807) is 7.11 Å². The number of hydrogen-bond donors (Lipinski definition) is 2. The monoisotopic (exact) mass is 234 g/mol. The Kier molecular flexibility index (Phi) is 5.47. The van der Waals surface area contributed by atoms with Crippen molar-refractivity contribution < 1.29 is 9.84 Å². The third-order valence-corrected chi connectivity index (χ3v) is 2.50. The van der Waals surface area contributed by atoms with Crippen LogP contribution in [0.25, 0.3) is 0 Å². The van der Waals surface area contributed by atoms with E-state index in [1.165, 1.54) is 0 Å². The Morgan fingerprint density at radius 3 is 2.88 bits per heavy atom. The fourth-order valence-corrected chi connectivity index (χ4v) is 1.65. The van der Waals surface area contributed by atoms with E-state index in [9.17, 15) is 0 Å². The molecule has 1 aromatic rings. The van der Waals surface area contributed by atoms with Crippen LogP contribution < -0.4 is 5.32 Å². The molecule has 1 atom stereocenters. The van der Waals surface area contributed by atoms with Gasteiger partial charge in [0.2, 0.25) is 0 Å². The van der Waals surface area contributed by atoms with Crippen molar-refractivity contribution in [2.75, 3.05) is 25.6 Å². The molecule has 0 fully saturated rings. The number of benzene rings is 1. The lowest BCUT2D eigenvalue weighted by Gasteiger charge is -2.19. The third kappa shape index (κ3) is 4.06. The van der Waals surface area contributed by atoms with Crippen molar-refractivity contribution in [1.82, 2.24) is 0 Å². The Morgan fingerprint density at radius 1 is 1.53 bits per heavy atom. The molecule has 17 heavy (non-hydrogen) atoms. The minimum Gasteiger partial charge on any atom is -0.396 e. The molecule has 2 N–H and O–H groups in total. The van der Waals surface area contributed by atoms with Crippen molar-refractivity contribution in [1.29, 1.82) is 5.26 Å². The van der Waals surface area contributed by atoms with Crippen LogP contribution in [0.2, 0.25) is 0 Å². The van der Waals surface area contributed by atoms with Crippen LogP contribution in [-0.2, 0) is 4.74 Å². The number of hydrogen-bond acceptors (Lipinski definition) is 4. The average Bonchev–Trinajstić information content (AvgIpc) is 2.32. The summed E-state index contributed by atoms with van der Waals surface area (Å²) in [7, 11) is 1.62. The molecular weight excluding hydrogens is 216 g/mol. The Morgan fingerprint density at radius 2 is 2.29 bits per heavy atom. The zero-order valence-corrected chi connectivity index (χ0v) is 10.2. The highest BCUT2D eigenvalue weighted by Gasteiger charge is 2.10. The van der Waals surface area contributed by atoms with Gasteiger partial charge in [0.1, 0.15) is 6.07 Å². The van der Waals surface area contributed by atoms with Gasteiger partial charge in [0.05, 0.1) is 23.9 Å². The molecule has 92 valence electrons. The van der Waals surface area contributed by atoms with Gasteiger partial charge in [0.25, 0.3) is 0 Å². The molecule has 0 aromatic heterocycles. The smallest absolute Gasteiger partial charge is 0.101 e. The molecule has 0 amide bonds. The van der Waals surface area contributed by atoms with E-state index in [0.717, 1.165) is 11.3 Å².